The minimum atomic E-state index is -4.32. The maximum absolute atomic E-state index is 13.4. The van der Waals surface area contributed by atoms with Crippen LogP contribution in [0.4, 0.5) is 0 Å². The van der Waals surface area contributed by atoms with E-state index in [2.05, 4.69) is 0 Å². The average molecular weight is 449 g/mol. The molecule has 0 N–H and O–H groups in total. The topological polar surface area (TPSA) is 130 Å². The van der Waals surface area contributed by atoms with Gasteiger partial charge < -0.3 is 9.47 Å². The van der Waals surface area contributed by atoms with E-state index < -0.39 is 55.4 Å². The van der Waals surface area contributed by atoms with Crippen LogP contribution in [0.5, 0.6) is 0 Å². The van der Waals surface area contributed by atoms with Crippen LogP contribution in [0.2, 0.25) is 0 Å². The Labute approximate surface area is 179 Å². The molecule has 2 aliphatic carbocycles. The Morgan fingerprint density at radius 3 is 2.58 bits per heavy atom. The third kappa shape index (κ3) is 3.07. The van der Waals surface area contributed by atoms with Crippen LogP contribution in [0.1, 0.15) is 26.2 Å². The van der Waals surface area contributed by atoms with E-state index in [-0.39, 0.29) is 35.6 Å². The number of hydrogen-bond donors (Lipinski definition) is 0. The van der Waals surface area contributed by atoms with Gasteiger partial charge in [0.15, 0.2) is 0 Å². The van der Waals surface area contributed by atoms with Gasteiger partial charge in [0, 0.05) is 29.3 Å². The first-order chi connectivity index (χ1) is 14.6. The Balaban J connectivity index is 1.80. The van der Waals surface area contributed by atoms with Crippen molar-refractivity contribution in [2.45, 2.75) is 42.1 Å². The van der Waals surface area contributed by atoms with Gasteiger partial charge in [0.2, 0.25) is 9.84 Å². The summed E-state index contributed by atoms with van der Waals surface area (Å²) < 4.78 is 37.1. The van der Waals surface area contributed by atoms with Gasteiger partial charge in [-0.25, -0.2) is 13.2 Å². The summed E-state index contributed by atoms with van der Waals surface area (Å²) in [6.45, 7) is 1.70. The largest absolute Gasteiger partial charge is 0.469 e. The normalized spacial score (nSPS) is 34.7. The summed E-state index contributed by atoms with van der Waals surface area (Å²) in [6.07, 6.45) is 0.647. The molecule has 1 aliphatic heterocycles. The SMILES string of the molecule is COC(=O)[C@@H]1[C@H]2CC[C@@]([N+](=O)[O-])(S(=O)(=O)c3ccccc3)C[C@@H]2C=C2C(=O)O[C@@H](C)[C@@H]21. The molecule has 9 nitrogen and oxygen atoms in total. The first kappa shape index (κ1) is 21.5. The number of cyclic esters (lactones) is 1. The summed E-state index contributed by atoms with van der Waals surface area (Å²) in [5.41, 5.74) is 0.278. The first-order valence-electron chi connectivity index (χ1n) is 10.1. The van der Waals surface area contributed by atoms with Crippen LogP contribution < -0.4 is 0 Å². The number of carbonyl (C=O) groups excluding carboxylic acids is 2. The van der Waals surface area contributed by atoms with Gasteiger partial charge in [0.25, 0.3) is 0 Å². The third-order valence-electron chi connectivity index (χ3n) is 6.97. The molecule has 1 saturated heterocycles. The van der Waals surface area contributed by atoms with Gasteiger partial charge >= 0.3 is 16.8 Å². The highest BCUT2D eigenvalue weighted by atomic mass is 32.2. The molecule has 10 heteroatoms. The summed E-state index contributed by atoms with van der Waals surface area (Å²) in [6, 6.07) is 7.35. The van der Waals surface area contributed by atoms with E-state index in [9.17, 15) is 28.1 Å². The number of carbonyl (C=O) groups is 2. The molecule has 0 radical (unpaired) electrons. The quantitative estimate of drug-likeness (QED) is 0.388. The average Bonchev–Trinajstić information content (AvgIpc) is 3.04. The maximum Gasteiger partial charge on any atom is 0.334 e. The van der Waals surface area contributed by atoms with Crippen LogP contribution in [0.15, 0.2) is 46.9 Å². The van der Waals surface area contributed by atoms with E-state index >= 15 is 0 Å². The molecule has 0 unspecified atom stereocenters. The zero-order chi connectivity index (χ0) is 22.6. The van der Waals surface area contributed by atoms with Gasteiger partial charge in [0.05, 0.1) is 17.9 Å². The number of allylic oxidation sites excluding steroid dienone is 1. The lowest BCUT2D eigenvalue weighted by Gasteiger charge is -2.44. The number of rotatable bonds is 4. The fraction of sp³-hybridized carbons (Fsp3) is 0.524. The molecule has 31 heavy (non-hydrogen) atoms. The van der Waals surface area contributed by atoms with Crippen LogP contribution >= 0.6 is 0 Å². The van der Waals surface area contributed by atoms with Gasteiger partial charge in [-0.2, -0.15) is 0 Å². The zero-order valence-electron chi connectivity index (χ0n) is 17.1. The standard InChI is InChI=1S/C21H23NO8S/c1-12-17-16(19(23)30-12)10-13-11-21(22(25)26,9-8-15(13)18(17)20(24)29-2)31(27,28)14-6-4-3-5-7-14/h3-7,10,12-13,15,17-18H,8-9,11H2,1-2H3/t12-,13-,15-,17-,18+,21+/m0/s1. The lowest BCUT2D eigenvalue weighted by atomic mass is 9.61. The molecule has 0 amide bonds. The highest BCUT2D eigenvalue weighted by molar-refractivity contribution is 7.92. The van der Waals surface area contributed by atoms with Gasteiger partial charge in [-0.15, -0.1) is 0 Å². The van der Waals surface area contributed by atoms with Crippen molar-refractivity contribution in [2.75, 3.05) is 7.11 Å². The molecule has 2 fully saturated rings. The summed E-state index contributed by atoms with van der Waals surface area (Å²) in [7, 11) is -3.07. The number of hydrogen-bond acceptors (Lipinski definition) is 8. The Morgan fingerprint density at radius 1 is 1.29 bits per heavy atom. The van der Waals surface area contributed by atoms with Crippen molar-refractivity contribution in [1.82, 2.24) is 0 Å². The van der Waals surface area contributed by atoms with E-state index in [0.29, 0.717) is 0 Å². The minimum absolute atomic E-state index is 0.120. The Hall–Kier alpha value is -2.75. The van der Waals surface area contributed by atoms with E-state index in [0.717, 1.165) is 0 Å². The number of ether oxygens (including phenoxy) is 2. The van der Waals surface area contributed by atoms with E-state index in [1.54, 1.807) is 19.1 Å². The summed E-state index contributed by atoms with van der Waals surface area (Å²) in [5, 5.41) is 12.2. The van der Waals surface area contributed by atoms with Gasteiger partial charge in [-0.3, -0.25) is 14.9 Å². The van der Waals surface area contributed by atoms with Gasteiger partial charge in [0.1, 0.15) is 6.10 Å². The van der Waals surface area contributed by atoms with E-state index in [4.69, 9.17) is 9.47 Å². The second kappa shape index (κ2) is 7.44. The van der Waals surface area contributed by atoms with Crippen LogP contribution in [-0.2, 0) is 28.9 Å². The van der Waals surface area contributed by atoms with E-state index in [1.807, 2.05) is 0 Å². The predicted octanol–water partition coefficient (Wildman–Crippen LogP) is 2.14. The highest BCUT2D eigenvalue weighted by Gasteiger charge is 2.64. The van der Waals surface area contributed by atoms with Crippen LogP contribution in [0.25, 0.3) is 0 Å². The number of sulfone groups is 1. The molecule has 1 heterocycles. The Bertz CT molecular complexity index is 1070. The predicted molar refractivity (Wildman–Crippen MR) is 107 cm³/mol. The monoisotopic (exact) mass is 449 g/mol. The molecular formula is C21H23NO8S. The molecule has 0 spiro atoms. The van der Waals surface area contributed by atoms with E-state index in [1.165, 1.54) is 31.4 Å². The first-order valence-corrected chi connectivity index (χ1v) is 11.6. The summed E-state index contributed by atoms with van der Waals surface area (Å²) in [5.74, 6) is -3.35. The van der Waals surface area contributed by atoms with Crippen LogP contribution in [-0.4, -0.2) is 43.4 Å². The summed E-state index contributed by atoms with van der Waals surface area (Å²) in [4.78, 5) is 34.2. The molecule has 3 aliphatic rings. The van der Waals surface area contributed by atoms with Crippen LogP contribution in [0, 0.1) is 33.8 Å². The van der Waals surface area contributed by atoms with Gasteiger partial charge in [-0.05, 0) is 37.3 Å². The zero-order valence-corrected chi connectivity index (χ0v) is 17.9. The fourth-order valence-electron chi connectivity index (χ4n) is 5.50. The van der Waals surface area contributed by atoms with Crippen molar-refractivity contribution >= 4 is 21.8 Å². The number of methoxy groups -OCH3 is 1. The van der Waals surface area contributed by atoms with Crippen LogP contribution in [0.3, 0.4) is 0 Å². The lowest BCUT2D eigenvalue weighted by Crippen LogP contribution is -2.54. The third-order valence-corrected chi connectivity index (χ3v) is 9.38. The lowest BCUT2D eigenvalue weighted by molar-refractivity contribution is -0.547. The molecule has 6 atom stereocenters. The Morgan fingerprint density at radius 2 is 1.97 bits per heavy atom. The molecule has 166 valence electrons. The second-order valence-electron chi connectivity index (χ2n) is 8.40. The van der Waals surface area contributed by atoms with Crippen molar-refractivity contribution in [1.29, 1.82) is 0 Å². The number of benzene rings is 1. The minimum Gasteiger partial charge on any atom is -0.469 e. The molecule has 1 saturated carbocycles. The number of esters is 2. The molecule has 0 bridgehead atoms. The van der Waals surface area contributed by atoms with Crippen molar-refractivity contribution in [3.05, 3.63) is 52.1 Å². The molecular weight excluding hydrogens is 426 g/mol. The summed E-state index contributed by atoms with van der Waals surface area (Å²) >= 11 is 0. The van der Waals surface area contributed by atoms with Crippen molar-refractivity contribution in [3.63, 3.8) is 0 Å². The highest BCUT2D eigenvalue weighted by Crippen LogP contribution is 2.54. The van der Waals surface area contributed by atoms with Gasteiger partial charge in [-0.1, -0.05) is 24.3 Å². The molecule has 4 rings (SSSR count). The van der Waals surface area contributed by atoms with Crippen molar-refractivity contribution in [2.24, 2.45) is 23.7 Å². The van der Waals surface area contributed by atoms with Crippen molar-refractivity contribution < 1.29 is 32.4 Å². The number of nitro groups is 1. The fourth-order valence-corrected chi connectivity index (χ4v) is 7.45. The Kier molecular flexibility index (Phi) is 5.15. The number of fused-ring (bicyclic) bond motifs is 2. The molecule has 1 aromatic rings. The smallest absolute Gasteiger partial charge is 0.334 e. The maximum atomic E-state index is 13.4. The van der Waals surface area contributed by atoms with Crippen molar-refractivity contribution in [3.8, 4) is 0 Å². The number of nitrogens with zero attached hydrogens (tertiary/aromatic N) is 1. The molecule has 0 aromatic heterocycles. The second-order valence-corrected chi connectivity index (χ2v) is 10.6. The molecule has 1 aromatic carbocycles.